The van der Waals surface area contributed by atoms with E-state index in [-0.39, 0.29) is 28.7 Å². The Morgan fingerprint density at radius 2 is 1.97 bits per heavy atom. The Bertz CT molecular complexity index is 1520. The maximum atomic E-state index is 15.3. The Balaban J connectivity index is 1.96. The highest BCUT2D eigenvalue weighted by Crippen LogP contribution is 2.46. The summed E-state index contributed by atoms with van der Waals surface area (Å²) in [5.41, 5.74) is 2.46. The number of fused-ring (bicyclic) bond motifs is 1. The lowest BCUT2D eigenvalue weighted by Gasteiger charge is -2.20. The summed E-state index contributed by atoms with van der Waals surface area (Å²) in [6, 6.07) is 5.14. The summed E-state index contributed by atoms with van der Waals surface area (Å²) in [5, 5.41) is 17.2. The minimum Gasteiger partial charge on any atom is -0.387 e. The van der Waals surface area contributed by atoms with E-state index in [2.05, 4.69) is 20.6 Å². The van der Waals surface area contributed by atoms with E-state index in [1.807, 2.05) is 33.8 Å². The Morgan fingerprint density at radius 1 is 1.27 bits per heavy atom. The molecule has 0 aliphatic rings. The van der Waals surface area contributed by atoms with Crippen molar-refractivity contribution in [1.82, 2.24) is 19.9 Å². The number of aromatic amines is 1. The zero-order valence-electron chi connectivity index (χ0n) is 22.0. The van der Waals surface area contributed by atoms with E-state index < -0.39 is 11.8 Å². The number of carbonyl (C=O) groups excluding carboxylic acids is 1. The maximum absolute atomic E-state index is 15.3. The highest BCUT2D eigenvalue weighted by Gasteiger charge is 2.31. The number of hydrogen-bond acceptors (Lipinski definition) is 6. The molecule has 4 N–H and O–H groups in total. The number of nitrogens with zero attached hydrogens (tertiary/aromatic N) is 2. The molecule has 0 fully saturated rings. The molecular weight excluding hydrogens is 493 g/mol. The molecule has 0 radical (unpaired) electrons. The first-order valence-corrected chi connectivity index (χ1v) is 12.8. The number of rotatable bonds is 7. The van der Waals surface area contributed by atoms with Gasteiger partial charge in [0.15, 0.2) is 6.17 Å². The Kier molecular flexibility index (Phi) is 7.00. The molecule has 196 valence electrons. The summed E-state index contributed by atoms with van der Waals surface area (Å²) < 4.78 is 16.8. The lowest BCUT2D eigenvalue weighted by atomic mass is 10.0. The number of carbonyl (C=O) groups is 1. The predicted octanol–water partition coefficient (Wildman–Crippen LogP) is 5.27. The standard InChI is InChI=1S/C27H32FN5O3S/c1-13(2)30-25(34)19-10-16-17(12-33(7)26(35)22(16)32-19)23-18(11-20(37-23)24(28)27(5,6)36)31-21-14(3)8-9-29-15(21)4/h8-13,24,31-32,36H,1-7H3,(H,30,34). The molecule has 0 aliphatic carbocycles. The molecule has 4 heterocycles. The Labute approximate surface area is 218 Å². The van der Waals surface area contributed by atoms with Crippen LogP contribution in [0.4, 0.5) is 15.8 Å². The SMILES string of the molecule is Cc1ccnc(C)c1Nc1cc(C(F)C(C)(C)O)sc1-c1cn(C)c(=O)c2[nH]c(C(=O)NC(C)C)cc12. The quantitative estimate of drug-likeness (QED) is 0.263. The third-order valence-electron chi connectivity index (χ3n) is 6.10. The number of hydrogen-bond donors (Lipinski definition) is 4. The van der Waals surface area contributed by atoms with Gasteiger partial charge in [-0.1, -0.05) is 0 Å². The average molecular weight is 526 g/mol. The second-order valence-corrected chi connectivity index (χ2v) is 11.3. The Hall–Kier alpha value is -3.50. The van der Waals surface area contributed by atoms with E-state index >= 15 is 4.39 Å². The maximum Gasteiger partial charge on any atom is 0.274 e. The van der Waals surface area contributed by atoms with Crippen molar-refractivity contribution in [3.8, 4) is 10.4 Å². The molecule has 37 heavy (non-hydrogen) atoms. The van der Waals surface area contributed by atoms with Crippen LogP contribution >= 0.6 is 11.3 Å². The number of nitrogens with one attached hydrogen (secondary N) is 3. The number of amides is 1. The minimum absolute atomic E-state index is 0.0776. The largest absolute Gasteiger partial charge is 0.387 e. The van der Waals surface area contributed by atoms with Gasteiger partial charge in [-0.2, -0.15) is 0 Å². The van der Waals surface area contributed by atoms with Gasteiger partial charge in [-0.05, 0) is 65.3 Å². The molecule has 0 aromatic carbocycles. The van der Waals surface area contributed by atoms with Gasteiger partial charge in [0, 0.05) is 41.3 Å². The minimum atomic E-state index is -1.63. The van der Waals surface area contributed by atoms with E-state index in [0.29, 0.717) is 26.4 Å². The predicted molar refractivity (Wildman–Crippen MR) is 147 cm³/mol. The van der Waals surface area contributed by atoms with Crippen molar-refractivity contribution >= 4 is 39.5 Å². The van der Waals surface area contributed by atoms with Gasteiger partial charge >= 0.3 is 0 Å². The van der Waals surface area contributed by atoms with Crippen LogP contribution in [0.2, 0.25) is 0 Å². The Morgan fingerprint density at radius 3 is 2.59 bits per heavy atom. The summed E-state index contributed by atoms with van der Waals surface area (Å²) in [7, 11) is 1.63. The highest BCUT2D eigenvalue weighted by molar-refractivity contribution is 7.16. The van der Waals surface area contributed by atoms with Crippen LogP contribution < -0.4 is 16.2 Å². The van der Waals surface area contributed by atoms with Crippen molar-refractivity contribution in [2.75, 3.05) is 5.32 Å². The van der Waals surface area contributed by atoms with Crippen LogP contribution in [0, 0.1) is 13.8 Å². The molecule has 4 rings (SSSR count). The van der Waals surface area contributed by atoms with Gasteiger partial charge in [-0.3, -0.25) is 14.6 Å². The number of pyridine rings is 2. The normalized spacial score (nSPS) is 12.8. The molecule has 1 atom stereocenters. The van der Waals surface area contributed by atoms with E-state index in [0.717, 1.165) is 16.9 Å². The van der Waals surface area contributed by atoms with Gasteiger partial charge in [-0.25, -0.2) is 4.39 Å². The molecule has 0 saturated heterocycles. The number of aryl methyl sites for hydroxylation is 3. The fourth-order valence-electron chi connectivity index (χ4n) is 4.17. The van der Waals surface area contributed by atoms with Gasteiger partial charge in [-0.15, -0.1) is 11.3 Å². The summed E-state index contributed by atoms with van der Waals surface area (Å²) in [4.78, 5) is 34.0. The monoisotopic (exact) mass is 525 g/mol. The van der Waals surface area contributed by atoms with Gasteiger partial charge in [0.05, 0.1) is 27.5 Å². The van der Waals surface area contributed by atoms with Crippen LogP contribution in [0.25, 0.3) is 21.3 Å². The first-order chi connectivity index (χ1) is 17.3. The molecule has 0 spiro atoms. The molecule has 0 aliphatic heterocycles. The highest BCUT2D eigenvalue weighted by atomic mass is 32.1. The van der Waals surface area contributed by atoms with Crippen molar-refractivity contribution in [2.24, 2.45) is 7.05 Å². The van der Waals surface area contributed by atoms with E-state index in [4.69, 9.17) is 0 Å². The zero-order valence-corrected chi connectivity index (χ0v) is 22.8. The van der Waals surface area contributed by atoms with Gasteiger partial charge in [0.2, 0.25) is 0 Å². The van der Waals surface area contributed by atoms with Crippen molar-refractivity contribution in [1.29, 1.82) is 0 Å². The van der Waals surface area contributed by atoms with Gasteiger partial charge < -0.3 is 25.3 Å². The van der Waals surface area contributed by atoms with Crippen molar-refractivity contribution in [3.63, 3.8) is 0 Å². The van der Waals surface area contributed by atoms with Crippen LogP contribution in [0.3, 0.4) is 0 Å². The van der Waals surface area contributed by atoms with Crippen molar-refractivity contribution < 1.29 is 14.3 Å². The van der Waals surface area contributed by atoms with Crippen molar-refractivity contribution in [2.45, 2.75) is 59.4 Å². The summed E-state index contributed by atoms with van der Waals surface area (Å²) in [6.45, 7) is 10.4. The lowest BCUT2D eigenvalue weighted by molar-refractivity contribution is -0.00255. The second-order valence-electron chi connectivity index (χ2n) is 10.2. The molecule has 8 nitrogen and oxygen atoms in total. The van der Waals surface area contributed by atoms with E-state index in [1.165, 1.54) is 29.8 Å². The number of halogens is 1. The number of aromatic nitrogens is 3. The molecule has 4 aromatic heterocycles. The molecule has 1 amide bonds. The number of H-pyrrole nitrogens is 1. The molecule has 10 heteroatoms. The van der Waals surface area contributed by atoms with Crippen LogP contribution in [-0.2, 0) is 7.05 Å². The van der Waals surface area contributed by atoms with Gasteiger partial charge in [0.25, 0.3) is 11.5 Å². The smallest absolute Gasteiger partial charge is 0.274 e. The second kappa shape index (κ2) is 9.75. The third-order valence-corrected chi connectivity index (χ3v) is 7.31. The van der Waals surface area contributed by atoms with Crippen LogP contribution in [0.15, 0.2) is 35.4 Å². The number of alkyl halides is 1. The molecule has 4 aromatic rings. The zero-order chi connectivity index (χ0) is 27.2. The topological polar surface area (TPSA) is 112 Å². The number of thiophene rings is 1. The number of aliphatic hydroxyl groups is 1. The fourth-order valence-corrected chi connectivity index (χ4v) is 5.47. The molecule has 0 saturated carbocycles. The first kappa shape index (κ1) is 26.6. The molecule has 0 bridgehead atoms. The van der Waals surface area contributed by atoms with E-state index in [1.54, 1.807) is 31.6 Å². The summed E-state index contributed by atoms with van der Waals surface area (Å²) in [6.07, 6.45) is 1.77. The lowest BCUT2D eigenvalue weighted by Crippen LogP contribution is -2.30. The van der Waals surface area contributed by atoms with Crippen molar-refractivity contribution in [3.05, 3.63) is 62.8 Å². The van der Waals surface area contributed by atoms with Crippen LogP contribution in [0.1, 0.15) is 60.5 Å². The summed E-state index contributed by atoms with van der Waals surface area (Å²) >= 11 is 1.19. The van der Waals surface area contributed by atoms with E-state index in [9.17, 15) is 14.7 Å². The van der Waals surface area contributed by atoms with Crippen LogP contribution in [0.5, 0.6) is 0 Å². The van der Waals surface area contributed by atoms with Gasteiger partial charge in [0.1, 0.15) is 11.2 Å². The number of anilines is 2. The summed E-state index contributed by atoms with van der Waals surface area (Å²) in [5.74, 6) is -0.322. The third kappa shape index (κ3) is 5.17. The first-order valence-electron chi connectivity index (χ1n) is 12.0. The average Bonchev–Trinajstić information content (AvgIpc) is 3.42. The molecule has 1 unspecified atom stereocenters. The van der Waals surface area contributed by atoms with Crippen LogP contribution in [-0.4, -0.2) is 37.2 Å². The fraction of sp³-hybridized carbons (Fsp3) is 0.370. The molecular formula is C27H32FN5O3S.